The van der Waals surface area contributed by atoms with Crippen molar-refractivity contribution < 1.29 is 9.90 Å². The second-order valence-electron chi connectivity index (χ2n) is 3.03. The van der Waals surface area contributed by atoms with Gasteiger partial charge in [0.15, 0.2) is 0 Å². The van der Waals surface area contributed by atoms with Gasteiger partial charge in [-0.3, -0.25) is 4.79 Å². The fourth-order valence-corrected chi connectivity index (χ4v) is 0.967. The number of carboxylic acid groups (broad SMARTS) is 1. The molecule has 0 aliphatic heterocycles. The predicted molar refractivity (Wildman–Crippen MR) is 58.1 cm³/mol. The Balaban J connectivity index is 3.22. The number of carbonyl (C=O) groups is 1. The van der Waals surface area contributed by atoms with Crippen LogP contribution in [0.15, 0.2) is 24.3 Å². The Morgan fingerprint density at radius 2 is 1.50 bits per heavy atom. The molecule has 3 heteroatoms. The minimum absolute atomic E-state index is 0.222. The van der Waals surface area contributed by atoms with E-state index in [1.807, 2.05) is 12.2 Å². The molecule has 0 aliphatic carbocycles. The van der Waals surface area contributed by atoms with Crippen LogP contribution in [0.2, 0.25) is 0 Å². The molecule has 0 aromatic heterocycles. The fraction of sp³-hybridized carbons (Fsp3) is 0.545. The van der Waals surface area contributed by atoms with Gasteiger partial charge in [-0.1, -0.05) is 24.3 Å². The van der Waals surface area contributed by atoms with Crippen LogP contribution < -0.4 is 5.73 Å². The zero-order valence-electron chi connectivity index (χ0n) is 8.48. The maximum atomic E-state index is 10.1. The molecule has 0 amide bonds. The van der Waals surface area contributed by atoms with Crippen molar-refractivity contribution in [2.45, 2.75) is 32.1 Å². The zero-order chi connectivity index (χ0) is 10.6. The first-order valence-electron chi connectivity index (χ1n) is 4.99. The number of aliphatic carboxylic acids is 1. The van der Waals surface area contributed by atoms with E-state index in [9.17, 15) is 4.79 Å². The lowest BCUT2D eigenvalue weighted by molar-refractivity contribution is -0.136. The Labute approximate surface area is 85.3 Å². The summed E-state index contributed by atoms with van der Waals surface area (Å²) in [4.78, 5) is 10.1. The van der Waals surface area contributed by atoms with Crippen molar-refractivity contribution in [2.24, 2.45) is 5.73 Å². The van der Waals surface area contributed by atoms with Crippen molar-refractivity contribution in [1.82, 2.24) is 0 Å². The van der Waals surface area contributed by atoms with Gasteiger partial charge >= 0.3 is 5.97 Å². The summed E-state index contributed by atoms with van der Waals surface area (Å²) in [5.74, 6) is -0.738. The summed E-state index contributed by atoms with van der Waals surface area (Å²) in [6.07, 6.45) is 11.9. The Morgan fingerprint density at radius 1 is 1.00 bits per heavy atom. The summed E-state index contributed by atoms with van der Waals surface area (Å²) < 4.78 is 0. The smallest absolute Gasteiger partial charge is 0.303 e. The van der Waals surface area contributed by atoms with Crippen molar-refractivity contribution in [1.29, 1.82) is 0 Å². The van der Waals surface area contributed by atoms with Crippen LogP contribution in [0.4, 0.5) is 0 Å². The highest BCUT2D eigenvalue weighted by atomic mass is 16.4. The molecule has 3 N–H and O–H groups in total. The van der Waals surface area contributed by atoms with Crippen LogP contribution >= 0.6 is 0 Å². The van der Waals surface area contributed by atoms with Crippen LogP contribution in [0.5, 0.6) is 0 Å². The number of hydrogen-bond donors (Lipinski definition) is 2. The highest BCUT2D eigenvalue weighted by Gasteiger charge is 1.90. The molecule has 0 radical (unpaired) electrons. The van der Waals surface area contributed by atoms with E-state index < -0.39 is 5.97 Å². The summed E-state index contributed by atoms with van der Waals surface area (Å²) in [7, 11) is 0. The van der Waals surface area contributed by atoms with Crippen molar-refractivity contribution in [3.63, 3.8) is 0 Å². The van der Waals surface area contributed by atoms with Crippen molar-refractivity contribution >= 4 is 5.97 Å². The molecule has 0 unspecified atom stereocenters. The third kappa shape index (κ3) is 10.9. The van der Waals surface area contributed by atoms with Gasteiger partial charge in [0.1, 0.15) is 0 Å². The largest absolute Gasteiger partial charge is 0.481 e. The first kappa shape index (κ1) is 12.9. The van der Waals surface area contributed by atoms with E-state index in [1.165, 1.54) is 0 Å². The summed E-state index contributed by atoms with van der Waals surface area (Å²) in [5, 5.41) is 8.36. The summed E-state index contributed by atoms with van der Waals surface area (Å²) in [5.41, 5.74) is 5.32. The quantitative estimate of drug-likeness (QED) is 0.462. The third-order valence-electron chi connectivity index (χ3n) is 1.69. The molecule has 0 heterocycles. The van der Waals surface area contributed by atoms with Gasteiger partial charge < -0.3 is 10.8 Å². The molecule has 0 spiro atoms. The van der Waals surface area contributed by atoms with E-state index >= 15 is 0 Å². The van der Waals surface area contributed by atoms with Gasteiger partial charge in [-0.25, -0.2) is 0 Å². The first-order chi connectivity index (χ1) is 6.77. The topological polar surface area (TPSA) is 63.3 Å². The molecule has 0 aromatic rings. The summed E-state index contributed by atoms with van der Waals surface area (Å²) >= 11 is 0. The number of hydrogen-bond acceptors (Lipinski definition) is 2. The minimum Gasteiger partial charge on any atom is -0.481 e. The Bertz CT molecular complexity index is 197. The van der Waals surface area contributed by atoms with Crippen molar-refractivity contribution in [3.8, 4) is 0 Å². The van der Waals surface area contributed by atoms with Gasteiger partial charge in [-0.2, -0.15) is 0 Å². The normalized spacial score (nSPS) is 11.5. The average molecular weight is 197 g/mol. The van der Waals surface area contributed by atoms with Crippen LogP contribution in [0.25, 0.3) is 0 Å². The number of unbranched alkanes of at least 4 members (excludes halogenated alkanes) is 1. The van der Waals surface area contributed by atoms with E-state index in [0.29, 0.717) is 13.0 Å². The Hall–Kier alpha value is -1.09. The molecule has 0 aliphatic rings. The van der Waals surface area contributed by atoms with Gasteiger partial charge in [0.25, 0.3) is 0 Å². The molecule has 0 atom stereocenters. The third-order valence-corrected chi connectivity index (χ3v) is 1.69. The monoisotopic (exact) mass is 197 g/mol. The number of rotatable bonds is 8. The van der Waals surface area contributed by atoms with Crippen LogP contribution in [-0.2, 0) is 4.79 Å². The molecular weight excluding hydrogens is 178 g/mol. The van der Waals surface area contributed by atoms with Gasteiger partial charge in [0, 0.05) is 6.42 Å². The van der Waals surface area contributed by atoms with E-state index in [0.717, 1.165) is 19.3 Å². The van der Waals surface area contributed by atoms with Gasteiger partial charge in [0.05, 0.1) is 0 Å². The van der Waals surface area contributed by atoms with Crippen LogP contribution in [0.3, 0.4) is 0 Å². The SMILES string of the molecule is NCC/C=C/CC/C=C/CCC(=O)O. The number of carboxylic acids is 1. The molecule has 0 fully saturated rings. The molecule has 0 rings (SSSR count). The zero-order valence-corrected chi connectivity index (χ0v) is 8.48. The van der Waals surface area contributed by atoms with Crippen LogP contribution in [0, 0.1) is 0 Å². The van der Waals surface area contributed by atoms with E-state index in [-0.39, 0.29) is 6.42 Å². The lowest BCUT2D eigenvalue weighted by Gasteiger charge is -1.89. The first-order valence-corrected chi connectivity index (χ1v) is 4.99. The van der Waals surface area contributed by atoms with E-state index in [1.54, 1.807) is 0 Å². The maximum absolute atomic E-state index is 10.1. The number of nitrogens with two attached hydrogens (primary N) is 1. The molecular formula is C11H19NO2. The van der Waals surface area contributed by atoms with Gasteiger partial charge in [0.2, 0.25) is 0 Å². The van der Waals surface area contributed by atoms with Crippen LogP contribution in [0.1, 0.15) is 32.1 Å². The summed E-state index contributed by atoms with van der Waals surface area (Å²) in [6, 6.07) is 0. The maximum Gasteiger partial charge on any atom is 0.303 e. The van der Waals surface area contributed by atoms with Gasteiger partial charge in [-0.05, 0) is 32.2 Å². The molecule has 0 saturated heterocycles. The van der Waals surface area contributed by atoms with Crippen LogP contribution in [-0.4, -0.2) is 17.6 Å². The molecule has 0 bridgehead atoms. The van der Waals surface area contributed by atoms with E-state index in [4.69, 9.17) is 10.8 Å². The molecule has 0 saturated carbocycles. The van der Waals surface area contributed by atoms with Crippen molar-refractivity contribution in [3.05, 3.63) is 24.3 Å². The second-order valence-corrected chi connectivity index (χ2v) is 3.03. The Morgan fingerprint density at radius 3 is 2.00 bits per heavy atom. The predicted octanol–water partition coefficient (Wildman–Crippen LogP) is 2.09. The highest BCUT2D eigenvalue weighted by molar-refractivity contribution is 5.66. The molecule has 0 aromatic carbocycles. The Kier molecular flexibility index (Phi) is 9.22. The standard InChI is InChI=1S/C11H19NO2/c12-10-8-6-4-2-1-3-5-7-9-11(13)14/h3-6H,1-2,7-10,12H2,(H,13,14)/b5-3+,6-4+. The molecule has 80 valence electrons. The molecule has 14 heavy (non-hydrogen) atoms. The molecule has 3 nitrogen and oxygen atoms in total. The minimum atomic E-state index is -0.738. The lowest BCUT2D eigenvalue weighted by atomic mass is 10.2. The lowest BCUT2D eigenvalue weighted by Crippen LogP contribution is -1.94. The average Bonchev–Trinajstić information content (AvgIpc) is 2.15. The van der Waals surface area contributed by atoms with E-state index in [2.05, 4.69) is 12.2 Å². The van der Waals surface area contributed by atoms with Crippen molar-refractivity contribution in [2.75, 3.05) is 6.54 Å². The number of allylic oxidation sites excluding steroid dienone is 3. The second kappa shape index (κ2) is 9.99. The van der Waals surface area contributed by atoms with Gasteiger partial charge in [-0.15, -0.1) is 0 Å². The summed E-state index contributed by atoms with van der Waals surface area (Å²) in [6.45, 7) is 0.699. The fourth-order valence-electron chi connectivity index (χ4n) is 0.967. The highest BCUT2D eigenvalue weighted by Crippen LogP contribution is 1.97.